The second-order valence-corrected chi connectivity index (χ2v) is 8.04. The number of nitrogens with zero attached hydrogens (tertiary/aromatic N) is 1. The molecule has 0 aliphatic rings. The molecule has 1 aromatic rings. The molecule has 0 aromatic heterocycles. The molecule has 1 rings (SSSR count). The molecule has 0 spiro atoms. The Bertz CT molecular complexity index is 531. The summed E-state index contributed by atoms with van der Waals surface area (Å²) in [5.74, 6) is 0.835. The van der Waals surface area contributed by atoms with Crippen LogP contribution in [-0.2, 0) is 15.9 Å². The van der Waals surface area contributed by atoms with Gasteiger partial charge in [0.2, 0.25) is 10.0 Å². The molecule has 3 nitrogen and oxygen atoms in total. The second-order valence-electron chi connectivity index (χ2n) is 4.91. The minimum absolute atomic E-state index is 0.285. The van der Waals surface area contributed by atoms with Gasteiger partial charge in [0.05, 0.1) is 4.90 Å². The molecule has 0 saturated heterocycles. The summed E-state index contributed by atoms with van der Waals surface area (Å²) < 4.78 is 26.8. The van der Waals surface area contributed by atoms with Gasteiger partial charge in [0, 0.05) is 23.9 Å². The maximum Gasteiger partial charge on any atom is 0.243 e. The van der Waals surface area contributed by atoms with E-state index in [1.165, 1.54) is 4.31 Å². The summed E-state index contributed by atoms with van der Waals surface area (Å²) in [4.78, 5) is 0.285. The molecule has 0 heterocycles. The van der Waals surface area contributed by atoms with Gasteiger partial charge in [0.1, 0.15) is 0 Å². The quantitative estimate of drug-likeness (QED) is 0.715. The van der Waals surface area contributed by atoms with E-state index in [0.29, 0.717) is 22.8 Å². The van der Waals surface area contributed by atoms with Gasteiger partial charge in [-0.15, -0.1) is 11.6 Å². The van der Waals surface area contributed by atoms with Crippen molar-refractivity contribution in [3.8, 4) is 0 Å². The van der Waals surface area contributed by atoms with Gasteiger partial charge in [0.15, 0.2) is 0 Å². The average molecular weight is 369 g/mol. The van der Waals surface area contributed by atoms with Gasteiger partial charge in [0.25, 0.3) is 0 Å². The molecule has 108 valence electrons. The van der Waals surface area contributed by atoms with Crippen LogP contribution in [0.25, 0.3) is 0 Å². The van der Waals surface area contributed by atoms with E-state index in [2.05, 4.69) is 29.8 Å². The summed E-state index contributed by atoms with van der Waals surface area (Å²) >= 11 is 9.04. The molecule has 0 aliphatic heterocycles. The number of halogens is 2. The Morgan fingerprint density at radius 1 is 1.37 bits per heavy atom. The molecule has 0 N–H and O–H groups in total. The van der Waals surface area contributed by atoms with Crippen molar-refractivity contribution in [1.82, 2.24) is 4.31 Å². The van der Waals surface area contributed by atoms with Gasteiger partial charge in [-0.1, -0.05) is 19.9 Å². The predicted molar refractivity (Wildman–Crippen MR) is 83.0 cm³/mol. The van der Waals surface area contributed by atoms with Crippen LogP contribution in [0.5, 0.6) is 0 Å². The number of rotatable bonds is 6. The van der Waals surface area contributed by atoms with Crippen molar-refractivity contribution in [2.45, 2.75) is 31.0 Å². The van der Waals surface area contributed by atoms with E-state index in [1.54, 1.807) is 25.2 Å². The molecule has 19 heavy (non-hydrogen) atoms. The lowest BCUT2D eigenvalue weighted by Gasteiger charge is -2.19. The Labute approximate surface area is 129 Å². The van der Waals surface area contributed by atoms with E-state index in [9.17, 15) is 8.42 Å². The van der Waals surface area contributed by atoms with Crippen LogP contribution >= 0.6 is 27.5 Å². The van der Waals surface area contributed by atoms with Crippen LogP contribution in [0.1, 0.15) is 25.8 Å². The first-order valence-electron chi connectivity index (χ1n) is 6.09. The van der Waals surface area contributed by atoms with Crippen LogP contribution in [0, 0.1) is 5.92 Å². The van der Waals surface area contributed by atoms with Crippen LogP contribution in [0.3, 0.4) is 0 Å². The molecule has 6 heteroatoms. The van der Waals surface area contributed by atoms with Crippen LogP contribution < -0.4 is 0 Å². The van der Waals surface area contributed by atoms with Crippen LogP contribution in [0.2, 0.25) is 0 Å². The summed E-state index contributed by atoms with van der Waals surface area (Å²) in [5, 5.41) is 0. The Kier molecular flexibility index (Phi) is 6.30. The van der Waals surface area contributed by atoms with Crippen molar-refractivity contribution in [3.63, 3.8) is 0 Å². The van der Waals surface area contributed by atoms with Crippen LogP contribution in [0.15, 0.2) is 27.6 Å². The molecule has 0 amide bonds. The van der Waals surface area contributed by atoms with Gasteiger partial charge in [-0.2, -0.15) is 0 Å². The molecule has 1 aromatic carbocycles. The third-order valence-corrected chi connectivity index (χ3v) is 6.00. The Hall–Kier alpha value is -0.100. The highest BCUT2D eigenvalue weighted by atomic mass is 79.9. The van der Waals surface area contributed by atoms with E-state index in [4.69, 9.17) is 11.6 Å². The molecule has 0 atom stereocenters. The van der Waals surface area contributed by atoms with Crippen molar-refractivity contribution in [3.05, 3.63) is 28.2 Å². The molecule has 0 radical (unpaired) electrons. The number of sulfonamides is 1. The molecule has 0 fully saturated rings. The maximum absolute atomic E-state index is 12.4. The van der Waals surface area contributed by atoms with Gasteiger partial charge in [-0.05, 0) is 46.0 Å². The lowest BCUT2D eigenvalue weighted by atomic mass is 10.1. The maximum atomic E-state index is 12.4. The van der Waals surface area contributed by atoms with Crippen molar-refractivity contribution in [2.24, 2.45) is 5.92 Å². The van der Waals surface area contributed by atoms with Gasteiger partial charge >= 0.3 is 0 Å². The number of hydrogen-bond donors (Lipinski definition) is 0. The molecule has 0 unspecified atom stereocenters. The van der Waals surface area contributed by atoms with Crippen molar-refractivity contribution < 1.29 is 8.42 Å². The van der Waals surface area contributed by atoms with E-state index in [0.717, 1.165) is 12.0 Å². The zero-order valence-electron chi connectivity index (χ0n) is 11.4. The lowest BCUT2D eigenvalue weighted by Crippen LogP contribution is -2.29. The minimum atomic E-state index is -3.45. The number of benzene rings is 1. The zero-order chi connectivity index (χ0) is 14.6. The highest BCUT2D eigenvalue weighted by Gasteiger charge is 2.23. The van der Waals surface area contributed by atoms with Crippen molar-refractivity contribution in [1.29, 1.82) is 0 Å². The Morgan fingerprint density at radius 3 is 2.47 bits per heavy atom. The van der Waals surface area contributed by atoms with E-state index in [-0.39, 0.29) is 4.90 Å². The monoisotopic (exact) mass is 367 g/mol. The SMILES string of the molecule is CC(C)CCN(C)S(=O)(=O)c1ccc(CCl)cc1Br. The first-order chi connectivity index (χ1) is 8.78. The van der Waals surface area contributed by atoms with Gasteiger partial charge < -0.3 is 0 Å². The molecule has 0 bridgehead atoms. The second kappa shape index (κ2) is 7.07. The predicted octanol–water partition coefficient (Wildman–Crippen LogP) is 3.85. The summed E-state index contributed by atoms with van der Waals surface area (Å²) in [6, 6.07) is 5.08. The molecule has 0 saturated carbocycles. The van der Waals surface area contributed by atoms with Crippen LogP contribution in [0.4, 0.5) is 0 Å². The molecular weight excluding hydrogens is 350 g/mol. The summed E-state index contributed by atoms with van der Waals surface area (Å²) in [7, 11) is -1.84. The van der Waals surface area contributed by atoms with E-state index >= 15 is 0 Å². The highest BCUT2D eigenvalue weighted by molar-refractivity contribution is 9.10. The first kappa shape index (κ1) is 17.0. The molecule has 0 aliphatic carbocycles. The zero-order valence-corrected chi connectivity index (χ0v) is 14.5. The average Bonchev–Trinajstić information content (AvgIpc) is 2.35. The summed E-state index contributed by atoms with van der Waals surface area (Å²) in [6.45, 7) is 4.67. The minimum Gasteiger partial charge on any atom is -0.207 e. The standard InChI is InChI=1S/C13H19BrClNO2S/c1-10(2)6-7-16(3)19(17,18)13-5-4-11(9-15)8-12(13)14/h4-5,8,10H,6-7,9H2,1-3H3. The number of alkyl halides is 1. The fraction of sp³-hybridized carbons (Fsp3) is 0.538. The Balaban J connectivity index is 2.99. The van der Waals surface area contributed by atoms with E-state index < -0.39 is 10.0 Å². The third-order valence-electron chi connectivity index (χ3n) is 2.86. The highest BCUT2D eigenvalue weighted by Crippen LogP contribution is 2.26. The smallest absolute Gasteiger partial charge is 0.207 e. The third kappa shape index (κ3) is 4.45. The largest absolute Gasteiger partial charge is 0.243 e. The summed E-state index contributed by atoms with van der Waals surface area (Å²) in [6.07, 6.45) is 0.840. The first-order valence-corrected chi connectivity index (χ1v) is 8.86. The Morgan fingerprint density at radius 2 is 2.00 bits per heavy atom. The van der Waals surface area contributed by atoms with E-state index in [1.807, 2.05) is 0 Å². The van der Waals surface area contributed by atoms with Gasteiger partial charge in [-0.3, -0.25) is 0 Å². The fourth-order valence-corrected chi connectivity index (χ4v) is 4.00. The van der Waals surface area contributed by atoms with Crippen LogP contribution in [-0.4, -0.2) is 26.3 Å². The molecular formula is C13H19BrClNO2S. The topological polar surface area (TPSA) is 37.4 Å². The lowest BCUT2D eigenvalue weighted by molar-refractivity contribution is 0.428. The van der Waals surface area contributed by atoms with Crippen molar-refractivity contribution >= 4 is 37.6 Å². The normalized spacial score (nSPS) is 12.4. The van der Waals surface area contributed by atoms with Crippen molar-refractivity contribution in [2.75, 3.05) is 13.6 Å². The number of hydrogen-bond acceptors (Lipinski definition) is 2. The fourth-order valence-electron chi connectivity index (χ4n) is 1.56. The van der Waals surface area contributed by atoms with Gasteiger partial charge in [-0.25, -0.2) is 12.7 Å². The summed E-state index contributed by atoms with van der Waals surface area (Å²) in [5.41, 5.74) is 0.886.